The Kier molecular flexibility index (Phi) is 23.8. The number of carboxylic acids is 1. The van der Waals surface area contributed by atoms with Gasteiger partial charge in [0.2, 0.25) is 11.0 Å². The number of likely N-dealkylation sites (N-methyl/N-ethyl adjacent to an activating group) is 2. The Morgan fingerprint density at radius 1 is 0.895 bits per heavy atom. The highest BCUT2D eigenvalue weighted by molar-refractivity contribution is 6.34. The summed E-state index contributed by atoms with van der Waals surface area (Å²) in [5, 5.41) is 54.0. The van der Waals surface area contributed by atoms with Gasteiger partial charge < -0.3 is 92.6 Å². The second-order valence-corrected chi connectivity index (χ2v) is 25.9. The second kappa shape index (κ2) is 29.4. The maximum atomic E-state index is 14.9. The van der Waals surface area contributed by atoms with E-state index in [1.807, 2.05) is 63.1 Å². The lowest BCUT2D eigenvalue weighted by atomic mass is 9.77. The molecule has 0 amide bonds. The Hall–Kier alpha value is -3.83. The number of pyridine rings is 1. The zero-order chi connectivity index (χ0) is 63.2. The molecule has 0 spiro atoms. The molecule has 7 rings (SSSR count). The van der Waals surface area contributed by atoms with Crippen LogP contribution in [0, 0.1) is 17.8 Å². The number of anilines is 1. The van der Waals surface area contributed by atoms with Crippen molar-refractivity contribution in [1.29, 1.82) is 0 Å². The summed E-state index contributed by atoms with van der Waals surface area (Å²) in [6.07, 6.45) is -4.30. The van der Waals surface area contributed by atoms with E-state index in [0.717, 1.165) is 12.8 Å². The number of aromatic carboxylic acids is 1. The van der Waals surface area contributed by atoms with Crippen molar-refractivity contribution >= 4 is 46.3 Å². The minimum atomic E-state index is -2.26. The first-order valence-electron chi connectivity index (χ1n) is 30.6. The van der Waals surface area contributed by atoms with Crippen LogP contribution < -0.4 is 16.1 Å². The number of halogens is 1. The van der Waals surface area contributed by atoms with Crippen LogP contribution in [-0.2, 0) is 56.9 Å². The lowest BCUT2D eigenvalue weighted by Gasteiger charge is -2.49. The van der Waals surface area contributed by atoms with Crippen LogP contribution >= 0.6 is 11.6 Å². The molecule has 6 N–H and O–H groups in total. The van der Waals surface area contributed by atoms with E-state index in [2.05, 4.69) is 10.6 Å². The van der Waals surface area contributed by atoms with E-state index in [1.165, 1.54) is 13.1 Å². The largest absolute Gasteiger partial charge is 0.511 e. The Morgan fingerprint density at radius 2 is 1.58 bits per heavy atom. The number of ether oxygens (including phenoxy) is 11. The smallest absolute Gasteiger partial charge is 0.477 e. The number of rotatable bonds is 24. The number of aliphatic hydroxyl groups is 3. The van der Waals surface area contributed by atoms with Crippen LogP contribution in [0.25, 0.3) is 10.9 Å². The van der Waals surface area contributed by atoms with Crippen LogP contribution in [0.4, 0.5) is 10.5 Å². The van der Waals surface area contributed by atoms with Gasteiger partial charge in [-0.25, -0.2) is 9.59 Å². The van der Waals surface area contributed by atoms with Crippen LogP contribution in [0.5, 0.6) is 0 Å². The highest BCUT2D eigenvalue weighted by Gasteiger charge is 2.68. The molecule has 1 aromatic carbocycles. The van der Waals surface area contributed by atoms with Crippen LogP contribution in [0.15, 0.2) is 23.1 Å². The number of cyclic esters (lactones) is 1. The van der Waals surface area contributed by atoms with Gasteiger partial charge in [0.1, 0.15) is 23.9 Å². The van der Waals surface area contributed by atoms with Gasteiger partial charge in [0.25, 0.3) is 5.79 Å². The van der Waals surface area contributed by atoms with E-state index in [0.29, 0.717) is 93.7 Å². The molecule has 86 heavy (non-hydrogen) atoms. The molecule has 1 aliphatic carbocycles. The van der Waals surface area contributed by atoms with Crippen molar-refractivity contribution in [3.63, 3.8) is 0 Å². The molecule has 0 radical (unpaired) electrons. The number of carbonyl (C=O) groups excluding carboxylic acids is 2. The van der Waals surface area contributed by atoms with Gasteiger partial charge in [0.15, 0.2) is 12.6 Å². The number of nitrogens with one attached hydrogen (secondary N) is 2. The van der Waals surface area contributed by atoms with Gasteiger partial charge in [-0.2, -0.15) is 0 Å². The van der Waals surface area contributed by atoms with Crippen molar-refractivity contribution in [2.45, 2.75) is 210 Å². The van der Waals surface area contributed by atoms with Crippen molar-refractivity contribution in [3.05, 3.63) is 39.1 Å². The van der Waals surface area contributed by atoms with Gasteiger partial charge in [-0.05, 0) is 133 Å². The Morgan fingerprint density at radius 3 is 2.22 bits per heavy atom. The summed E-state index contributed by atoms with van der Waals surface area (Å²) < 4.78 is 70.5. The molecule has 4 aliphatic heterocycles. The number of nitrogens with zero attached hydrogens (tertiary/aromatic N) is 3. The number of hydrogen-bond acceptors (Lipinski definition) is 22. The van der Waals surface area contributed by atoms with E-state index in [4.69, 9.17) is 63.7 Å². The summed E-state index contributed by atoms with van der Waals surface area (Å²) >= 11 is 6.59. The maximum Gasteiger partial charge on any atom is 0.511 e. The number of esters is 1. The van der Waals surface area contributed by atoms with Gasteiger partial charge in [0, 0.05) is 69.4 Å². The van der Waals surface area contributed by atoms with Gasteiger partial charge >= 0.3 is 18.1 Å². The first-order valence-corrected chi connectivity index (χ1v) is 31.0. The van der Waals surface area contributed by atoms with E-state index < -0.39 is 113 Å². The topological polar surface area (TPSA) is 286 Å². The normalized spacial score (nSPS) is 36.9. The fourth-order valence-electron chi connectivity index (χ4n) is 13.2. The van der Waals surface area contributed by atoms with Gasteiger partial charge in [-0.1, -0.05) is 32.4 Å². The summed E-state index contributed by atoms with van der Waals surface area (Å²) in [6.45, 7) is 21.6. The molecule has 2 aromatic rings. The van der Waals surface area contributed by atoms with Crippen molar-refractivity contribution in [2.75, 3.05) is 92.8 Å². The Bertz CT molecular complexity index is 2670. The summed E-state index contributed by atoms with van der Waals surface area (Å²) in [5.74, 6) is -6.48. The SMILES string of the molecule is CC[C@H]1OC(=O)[C@H](C)[C@@H](O[C@H]2C[C@@](C)(OC)[C@@H](OCCCNCCOCCOCCNc3cc4c(=O)c(C(=O)O)cn(C5CC5)c4cc3Cl)[C@H](C)O2)[C@H](C)[C@@H](O[C@@H]2O[C@H](C)C[C@H](N(C)C)[C@H]2O)[C@](C)(O)C[C@@H](C)CN(C)[C@H](C)[C@]2(O)OC(=O)O[C@]12C. The highest BCUT2D eigenvalue weighted by Crippen LogP contribution is 2.46. The maximum absolute atomic E-state index is 14.9. The van der Waals surface area contributed by atoms with Crippen LogP contribution in [0.2, 0.25) is 5.02 Å². The van der Waals surface area contributed by atoms with E-state index >= 15 is 0 Å². The third-order valence-electron chi connectivity index (χ3n) is 18.3. The summed E-state index contributed by atoms with van der Waals surface area (Å²) in [7, 11) is 7.12. The van der Waals surface area contributed by atoms with Gasteiger partial charge in [-0.3, -0.25) is 14.5 Å². The zero-order valence-corrected chi connectivity index (χ0v) is 53.6. The average Bonchev–Trinajstić information content (AvgIpc) is 1.83. The molecule has 1 aromatic heterocycles. The molecule has 0 bridgehead atoms. The minimum Gasteiger partial charge on any atom is -0.477 e. The first-order chi connectivity index (χ1) is 40.5. The number of fused-ring (bicyclic) bond motifs is 2. The molecule has 488 valence electrons. The summed E-state index contributed by atoms with van der Waals surface area (Å²) in [6, 6.07) is 2.26. The number of carbonyl (C=O) groups is 3. The molecule has 0 unspecified atom stereocenters. The van der Waals surface area contributed by atoms with E-state index in [-0.39, 0.29) is 48.9 Å². The second-order valence-electron chi connectivity index (χ2n) is 25.5. The molecule has 18 atom stereocenters. The van der Waals surface area contributed by atoms with E-state index in [9.17, 15) is 39.6 Å². The number of carboxylic acid groups (broad SMARTS) is 1. The third-order valence-corrected chi connectivity index (χ3v) is 18.6. The molecule has 5 aliphatic rings. The van der Waals surface area contributed by atoms with Crippen molar-refractivity contribution in [2.24, 2.45) is 17.8 Å². The minimum absolute atomic E-state index is 0.130. The predicted octanol–water partition coefficient (Wildman–Crippen LogP) is 5.55. The van der Waals surface area contributed by atoms with Gasteiger partial charge in [-0.15, -0.1) is 0 Å². The number of hydrogen-bond donors (Lipinski definition) is 6. The van der Waals surface area contributed by atoms with E-state index in [1.54, 1.807) is 54.0 Å². The molecule has 5 heterocycles. The number of methoxy groups -OCH3 is 1. The summed E-state index contributed by atoms with van der Waals surface area (Å²) in [5.41, 5.74) is -4.14. The number of aromatic nitrogens is 1. The number of benzene rings is 1. The Balaban J connectivity index is 0.944. The first kappa shape index (κ1) is 69.6. The van der Waals surface area contributed by atoms with Crippen LogP contribution in [-0.4, -0.2) is 230 Å². The fraction of sp³-hybridized carbons (Fsp3) is 0.803. The molecule has 5 fully saturated rings. The fourth-order valence-corrected chi connectivity index (χ4v) is 13.5. The molecule has 25 heteroatoms. The monoisotopic (exact) mass is 1240 g/mol. The zero-order valence-electron chi connectivity index (χ0n) is 52.8. The molecule has 4 saturated heterocycles. The Labute approximate surface area is 510 Å². The molecular formula is C61H98ClN5O19. The molecule has 1 saturated carbocycles. The van der Waals surface area contributed by atoms with Crippen molar-refractivity contribution < 1.29 is 86.9 Å². The summed E-state index contributed by atoms with van der Waals surface area (Å²) in [4.78, 5) is 56.4. The third kappa shape index (κ3) is 15.8. The predicted molar refractivity (Wildman–Crippen MR) is 318 cm³/mol. The number of aliphatic hydroxyl groups excluding tert-OH is 1. The van der Waals surface area contributed by atoms with Crippen molar-refractivity contribution in [1.82, 2.24) is 19.7 Å². The van der Waals surface area contributed by atoms with Gasteiger partial charge in [0.05, 0.1) is 90.2 Å². The van der Waals surface area contributed by atoms with Crippen molar-refractivity contribution in [3.8, 4) is 0 Å². The van der Waals surface area contributed by atoms with Crippen LogP contribution in [0.3, 0.4) is 0 Å². The van der Waals surface area contributed by atoms with Crippen LogP contribution in [0.1, 0.15) is 131 Å². The molecular weight excluding hydrogens is 1140 g/mol. The lowest BCUT2D eigenvalue weighted by molar-refractivity contribution is -0.320. The quantitative estimate of drug-likeness (QED) is 0.0555. The standard InChI is InChI=1S/C61H98ClN5O19/c1-15-47-60(10)61(75,86-57(73)85-60)39(7)66(13)32-34(2)30-58(8,74)52(84-56-50(69)46(65(11)12)27-35(3)80-56)36(4)51(37(5)55(72)82-47)83-48-31-59(9,76-14)53(38(6)81-48)79-22-16-19-63-20-23-77-25-26-78-24-21-64-44-28-41-45(29-43(44)62)67(40-17-18-40)33-42(49(41)68)54(70)71/h28-29,33-40,46-48,50-53,56,63-64,69,74-75H,15-27,30-32H2,1-14H3,(H,70,71)/t34-,35-,36+,37-,38+,39-,46+,47-,48+,50-,51+,52-,53+,56+,58-,59-,60-,61+/m1/s1. The highest BCUT2D eigenvalue weighted by atomic mass is 35.5. The average molecular weight is 1240 g/mol. The molecule has 24 nitrogen and oxygen atoms in total. The lowest BCUT2D eigenvalue weighted by Crippen LogP contribution is -2.66.